The number of hydrogen-bond donors (Lipinski definition) is 0. The van der Waals surface area contributed by atoms with Crippen molar-refractivity contribution in [3.05, 3.63) is 12.2 Å². The smallest absolute Gasteiger partial charge is 0.299 e. The van der Waals surface area contributed by atoms with E-state index in [9.17, 15) is 18.0 Å². The third kappa shape index (κ3) is 7.20. The molecule has 0 radical (unpaired) electrons. The number of rotatable bonds is 2. The minimum atomic E-state index is -4.19. The van der Waals surface area contributed by atoms with Gasteiger partial charge in [-0.3, -0.25) is 4.79 Å². The van der Waals surface area contributed by atoms with Crippen molar-refractivity contribution in [2.75, 3.05) is 0 Å². The van der Waals surface area contributed by atoms with Crippen molar-refractivity contribution in [2.45, 2.75) is 12.6 Å². The van der Waals surface area contributed by atoms with Crippen LogP contribution in [0.4, 0.5) is 13.2 Å². The van der Waals surface area contributed by atoms with E-state index in [0.717, 1.165) is 12.2 Å². The highest BCUT2D eigenvalue weighted by molar-refractivity contribution is 5.64. The summed E-state index contributed by atoms with van der Waals surface area (Å²) < 4.78 is 33.6. The Labute approximate surface area is 50.2 Å². The average molecular weight is 138 g/mol. The van der Waals surface area contributed by atoms with E-state index in [0.29, 0.717) is 6.29 Å². The molecule has 0 aliphatic heterocycles. The second kappa shape index (κ2) is 3.27. The Morgan fingerprint density at radius 3 is 2.22 bits per heavy atom. The minimum Gasteiger partial charge on any atom is -0.299 e. The lowest BCUT2D eigenvalue weighted by Gasteiger charge is -1.98. The molecule has 0 aliphatic carbocycles. The maximum atomic E-state index is 11.2. The summed E-state index contributed by atoms with van der Waals surface area (Å²) >= 11 is 0. The zero-order valence-electron chi connectivity index (χ0n) is 4.48. The second-order valence-corrected chi connectivity index (χ2v) is 1.38. The molecule has 9 heavy (non-hydrogen) atoms. The van der Waals surface area contributed by atoms with Crippen LogP contribution >= 0.6 is 0 Å². The number of alkyl halides is 3. The van der Waals surface area contributed by atoms with Gasteiger partial charge in [-0.2, -0.15) is 13.2 Å². The van der Waals surface area contributed by atoms with Crippen LogP contribution < -0.4 is 0 Å². The first-order valence-corrected chi connectivity index (χ1v) is 2.23. The summed E-state index contributed by atoms with van der Waals surface area (Å²) in [5.74, 6) is 0. The molecule has 0 aromatic carbocycles. The standard InChI is InChI=1S/C5H5F3O/c6-5(7,8)3-1-2-4-9/h1-2,4H,3H2/b2-1-. The fraction of sp³-hybridized carbons (Fsp3) is 0.400. The van der Waals surface area contributed by atoms with Crippen LogP contribution in [0.5, 0.6) is 0 Å². The van der Waals surface area contributed by atoms with E-state index < -0.39 is 12.6 Å². The molecule has 0 heterocycles. The van der Waals surface area contributed by atoms with Crippen molar-refractivity contribution in [3.63, 3.8) is 0 Å². The Balaban J connectivity index is 3.50. The number of halogens is 3. The van der Waals surface area contributed by atoms with Crippen molar-refractivity contribution >= 4 is 6.29 Å². The van der Waals surface area contributed by atoms with Gasteiger partial charge >= 0.3 is 6.18 Å². The molecule has 0 aromatic heterocycles. The number of carbonyl (C=O) groups excluding carboxylic acids is 1. The van der Waals surface area contributed by atoms with Gasteiger partial charge < -0.3 is 0 Å². The van der Waals surface area contributed by atoms with Gasteiger partial charge in [-0.1, -0.05) is 6.08 Å². The quantitative estimate of drug-likeness (QED) is 0.419. The van der Waals surface area contributed by atoms with Crippen LogP contribution in [-0.4, -0.2) is 12.5 Å². The Hall–Kier alpha value is -0.800. The number of aldehydes is 1. The highest BCUT2D eigenvalue weighted by Crippen LogP contribution is 2.19. The summed E-state index contributed by atoms with van der Waals surface area (Å²) in [5, 5.41) is 0. The molecule has 0 aliphatic rings. The molecule has 0 saturated heterocycles. The predicted molar refractivity (Wildman–Crippen MR) is 25.9 cm³/mol. The first-order valence-electron chi connectivity index (χ1n) is 2.23. The normalized spacial score (nSPS) is 12.3. The van der Waals surface area contributed by atoms with Crippen LogP contribution in [0, 0.1) is 0 Å². The zero-order valence-corrected chi connectivity index (χ0v) is 4.48. The molecule has 0 saturated carbocycles. The first kappa shape index (κ1) is 8.20. The maximum Gasteiger partial charge on any atom is 0.392 e. The van der Waals surface area contributed by atoms with Gasteiger partial charge in [0.1, 0.15) is 6.29 Å². The van der Waals surface area contributed by atoms with Crippen LogP contribution in [0.3, 0.4) is 0 Å². The summed E-state index contributed by atoms with van der Waals surface area (Å²) in [6.45, 7) is 0. The highest BCUT2D eigenvalue weighted by Gasteiger charge is 2.24. The van der Waals surface area contributed by atoms with Crippen molar-refractivity contribution in [1.29, 1.82) is 0 Å². The maximum absolute atomic E-state index is 11.2. The fourth-order valence-corrected chi connectivity index (χ4v) is 0.257. The van der Waals surface area contributed by atoms with Crippen molar-refractivity contribution < 1.29 is 18.0 Å². The second-order valence-electron chi connectivity index (χ2n) is 1.38. The van der Waals surface area contributed by atoms with Crippen LogP contribution in [0.15, 0.2) is 12.2 Å². The van der Waals surface area contributed by atoms with Crippen LogP contribution in [0.1, 0.15) is 6.42 Å². The van der Waals surface area contributed by atoms with Crippen molar-refractivity contribution in [3.8, 4) is 0 Å². The van der Waals surface area contributed by atoms with Gasteiger partial charge in [-0.15, -0.1) is 0 Å². The van der Waals surface area contributed by atoms with E-state index in [-0.39, 0.29) is 0 Å². The summed E-state index contributed by atoms with van der Waals surface area (Å²) in [4.78, 5) is 9.44. The molecule has 52 valence electrons. The molecule has 0 aromatic rings. The molecule has 4 heteroatoms. The Morgan fingerprint density at radius 1 is 1.33 bits per heavy atom. The molecule has 0 amide bonds. The van der Waals surface area contributed by atoms with Crippen LogP contribution in [-0.2, 0) is 4.79 Å². The largest absolute Gasteiger partial charge is 0.392 e. The lowest BCUT2D eigenvalue weighted by atomic mass is 10.4. The topological polar surface area (TPSA) is 17.1 Å². The summed E-state index contributed by atoms with van der Waals surface area (Å²) in [6.07, 6.45) is -3.32. The minimum absolute atomic E-state index is 0.311. The van der Waals surface area contributed by atoms with E-state index >= 15 is 0 Å². The van der Waals surface area contributed by atoms with Crippen molar-refractivity contribution in [1.82, 2.24) is 0 Å². The highest BCUT2D eigenvalue weighted by atomic mass is 19.4. The molecular weight excluding hydrogens is 133 g/mol. The van der Waals surface area contributed by atoms with Gasteiger partial charge in [0.15, 0.2) is 0 Å². The molecular formula is C5H5F3O. The van der Waals surface area contributed by atoms with Gasteiger partial charge in [0, 0.05) is 0 Å². The lowest BCUT2D eigenvalue weighted by Crippen LogP contribution is -2.03. The lowest BCUT2D eigenvalue weighted by molar-refractivity contribution is -0.125. The van der Waals surface area contributed by atoms with E-state index in [1.165, 1.54) is 0 Å². The SMILES string of the molecule is O=C/C=C\CC(F)(F)F. The van der Waals surface area contributed by atoms with Crippen LogP contribution in [0.2, 0.25) is 0 Å². The van der Waals surface area contributed by atoms with E-state index in [2.05, 4.69) is 0 Å². The Kier molecular flexibility index (Phi) is 2.98. The molecule has 0 N–H and O–H groups in total. The third-order valence-electron chi connectivity index (χ3n) is 0.564. The Bertz CT molecular complexity index is 114. The third-order valence-corrected chi connectivity index (χ3v) is 0.564. The molecule has 0 spiro atoms. The summed E-state index contributed by atoms with van der Waals surface area (Å²) in [6, 6.07) is 0. The molecule has 0 fully saturated rings. The number of allylic oxidation sites excluding steroid dienone is 2. The number of carbonyl (C=O) groups is 1. The molecule has 0 atom stereocenters. The average Bonchev–Trinajstić information content (AvgIpc) is 1.63. The van der Waals surface area contributed by atoms with Gasteiger partial charge in [0.2, 0.25) is 0 Å². The van der Waals surface area contributed by atoms with Gasteiger partial charge in [-0.05, 0) is 6.08 Å². The predicted octanol–water partition coefficient (Wildman–Crippen LogP) is 1.69. The molecule has 0 bridgehead atoms. The van der Waals surface area contributed by atoms with Gasteiger partial charge in [0.25, 0.3) is 0 Å². The monoisotopic (exact) mass is 138 g/mol. The summed E-state index contributed by atoms with van der Waals surface area (Å²) in [5.41, 5.74) is 0. The number of hydrogen-bond acceptors (Lipinski definition) is 1. The molecule has 1 nitrogen and oxygen atoms in total. The summed E-state index contributed by atoms with van der Waals surface area (Å²) in [7, 11) is 0. The first-order chi connectivity index (χ1) is 4.06. The molecule has 0 unspecified atom stereocenters. The Morgan fingerprint density at radius 2 is 1.89 bits per heavy atom. The zero-order chi connectivity index (χ0) is 7.33. The van der Waals surface area contributed by atoms with Crippen LogP contribution in [0.25, 0.3) is 0 Å². The fourth-order valence-electron chi connectivity index (χ4n) is 0.257. The van der Waals surface area contributed by atoms with E-state index in [4.69, 9.17) is 0 Å². The van der Waals surface area contributed by atoms with E-state index in [1.54, 1.807) is 0 Å². The van der Waals surface area contributed by atoms with Crippen molar-refractivity contribution in [2.24, 2.45) is 0 Å². The van der Waals surface area contributed by atoms with Gasteiger partial charge in [-0.25, -0.2) is 0 Å². The molecule has 0 rings (SSSR count). The van der Waals surface area contributed by atoms with Gasteiger partial charge in [0.05, 0.1) is 6.42 Å². The van der Waals surface area contributed by atoms with E-state index in [1.807, 2.05) is 0 Å².